The number of benzene rings is 1. The van der Waals surface area contributed by atoms with Crippen LogP contribution in [0.15, 0.2) is 49.1 Å². The highest BCUT2D eigenvalue weighted by Crippen LogP contribution is 2.45. The molecule has 5 aromatic rings. The molecule has 4 heterocycles. The number of methoxy groups -OCH3 is 1. The number of pyridine rings is 1. The number of rotatable bonds is 7. The van der Waals surface area contributed by atoms with E-state index in [-0.39, 0.29) is 35.4 Å². The number of H-pyrrole nitrogens is 1. The van der Waals surface area contributed by atoms with Crippen LogP contribution in [0.5, 0.6) is 11.8 Å². The molecule has 0 aliphatic heterocycles. The number of halogens is 4. The number of aromatic nitrogens is 7. The van der Waals surface area contributed by atoms with Gasteiger partial charge >= 0.3 is 6.18 Å². The monoisotopic (exact) mass is 537 g/mol. The topological polar surface area (TPSA) is 112 Å². The Balaban J connectivity index is 1.32. The van der Waals surface area contributed by atoms with Crippen molar-refractivity contribution in [2.75, 3.05) is 7.11 Å². The summed E-state index contributed by atoms with van der Waals surface area (Å²) in [6.07, 6.45) is 1.05. The summed E-state index contributed by atoms with van der Waals surface area (Å²) in [5.41, 5.74) is 1.51. The fraction of sp³-hybridized carbons (Fsp3) is 0.231. The van der Waals surface area contributed by atoms with Crippen molar-refractivity contribution >= 4 is 11.0 Å². The lowest BCUT2D eigenvalue weighted by atomic mass is 10.1. The normalized spacial score (nSPS) is 13.6. The average Bonchev–Trinajstić information content (AvgIpc) is 3.65. The van der Waals surface area contributed by atoms with Crippen molar-refractivity contribution < 1.29 is 27.0 Å². The van der Waals surface area contributed by atoms with Crippen molar-refractivity contribution in [3.05, 3.63) is 71.8 Å². The Morgan fingerprint density at radius 3 is 2.59 bits per heavy atom. The van der Waals surface area contributed by atoms with Crippen LogP contribution < -0.4 is 9.47 Å². The van der Waals surface area contributed by atoms with Crippen LogP contribution in [-0.4, -0.2) is 42.0 Å². The van der Waals surface area contributed by atoms with Gasteiger partial charge in [-0.3, -0.25) is 0 Å². The molecule has 0 atom stereocenters. The molecule has 1 fully saturated rings. The van der Waals surface area contributed by atoms with Crippen molar-refractivity contribution in [1.29, 1.82) is 0 Å². The quantitative estimate of drug-likeness (QED) is 0.271. The molecule has 13 heteroatoms. The third kappa shape index (κ3) is 4.82. The number of imidazole rings is 1. The highest BCUT2D eigenvalue weighted by Gasteiger charge is 2.33. The molecule has 4 aromatic heterocycles. The van der Waals surface area contributed by atoms with Crippen LogP contribution in [0.2, 0.25) is 0 Å². The van der Waals surface area contributed by atoms with Gasteiger partial charge in [-0.1, -0.05) is 12.1 Å². The largest absolute Gasteiger partial charge is 0.480 e. The smallest absolute Gasteiger partial charge is 0.432 e. The van der Waals surface area contributed by atoms with Gasteiger partial charge in [-0.15, -0.1) is 0 Å². The lowest BCUT2D eigenvalue weighted by molar-refractivity contribution is -0.140. The molecule has 9 nitrogen and oxygen atoms in total. The van der Waals surface area contributed by atoms with E-state index < -0.39 is 17.7 Å². The summed E-state index contributed by atoms with van der Waals surface area (Å²) in [5, 5.41) is 0. The second-order valence-electron chi connectivity index (χ2n) is 8.88. The number of hydrogen-bond acceptors (Lipinski definition) is 8. The molecule has 1 aliphatic rings. The van der Waals surface area contributed by atoms with Crippen molar-refractivity contribution in [3.8, 4) is 34.5 Å². The third-order valence-corrected chi connectivity index (χ3v) is 6.22. The minimum atomic E-state index is -4.58. The molecule has 6 rings (SSSR count). The van der Waals surface area contributed by atoms with Crippen LogP contribution >= 0.6 is 0 Å². The first-order valence-corrected chi connectivity index (χ1v) is 11.9. The fourth-order valence-corrected chi connectivity index (χ4v) is 4.14. The van der Waals surface area contributed by atoms with E-state index in [9.17, 15) is 17.6 Å². The second-order valence-corrected chi connectivity index (χ2v) is 8.88. The molecular formula is C26H19F4N7O2. The highest BCUT2D eigenvalue weighted by atomic mass is 19.4. The number of ether oxygens (including phenoxy) is 2. The molecule has 198 valence electrons. The first-order valence-electron chi connectivity index (χ1n) is 11.9. The SMILES string of the molecule is COc1ncnc(C2CC2)c1-c1nc(OCc2ccc(-c3ncc(C(F)(F)F)[nH]3)cc2F)c2ncccc2n1. The Kier molecular flexibility index (Phi) is 6.04. The van der Waals surface area contributed by atoms with E-state index in [2.05, 4.69) is 34.9 Å². The summed E-state index contributed by atoms with van der Waals surface area (Å²) in [5.74, 6) is 0.206. The van der Waals surface area contributed by atoms with Crippen LogP contribution in [0.1, 0.15) is 35.7 Å². The van der Waals surface area contributed by atoms with Gasteiger partial charge in [0.05, 0.1) is 24.5 Å². The molecule has 1 saturated carbocycles. The van der Waals surface area contributed by atoms with Gasteiger partial charge < -0.3 is 14.5 Å². The minimum Gasteiger partial charge on any atom is -0.480 e. The predicted molar refractivity (Wildman–Crippen MR) is 130 cm³/mol. The molecule has 0 saturated heterocycles. The molecule has 1 aromatic carbocycles. The number of nitrogens with one attached hydrogen (secondary N) is 1. The molecule has 1 aliphatic carbocycles. The lowest BCUT2D eigenvalue weighted by Gasteiger charge is -2.13. The van der Waals surface area contributed by atoms with Gasteiger partial charge in [0.2, 0.25) is 11.8 Å². The third-order valence-electron chi connectivity index (χ3n) is 6.22. The number of fused-ring (bicyclic) bond motifs is 1. The van der Waals surface area contributed by atoms with Gasteiger partial charge in [0, 0.05) is 23.2 Å². The van der Waals surface area contributed by atoms with Crippen LogP contribution in [0.4, 0.5) is 17.6 Å². The number of hydrogen-bond donors (Lipinski definition) is 1. The predicted octanol–water partition coefficient (Wildman–Crippen LogP) is 5.49. The van der Waals surface area contributed by atoms with Gasteiger partial charge in [0.15, 0.2) is 11.3 Å². The van der Waals surface area contributed by atoms with E-state index in [1.54, 1.807) is 18.3 Å². The fourth-order valence-electron chi connectivity index (χ4n) is 4.14. The number of nitrogens with zero attached hydrogens (tertiary/aromatic N) is 6. The molecule has 0 bridgehead atoms. The maximum absolute atomic E-state index is 15.0. The molecule has 0 unspecified atom stereocenters. The summed E-state index contributed by atoms with van der Waals surface area (Å²) in [6, 6.07) is 7.43. The summed E-state index contributed by atoms with van der Waals surface area (Å²) in [7, 11) is 1.50. The molecular weight excluding hydrogens is 518 g/mol. The van der Waals surface area contributed by atoms with Gasteiger partial charge in [0.25, 0.3) is 0 Å². The summed E-state index contributed by atoms with van der Waals surface area (Å²) >= 11 is 0. The zero-order chi connectivity index (χ0) is 27.1. The summed E-state index contributed by atoms with van der Waals surface area (Å²) < 4.78 is 65.0. The van der Waals surface area contributed by atoms with E-state index in [1.165, 1.54) is 25.6 Å². The highest BCUT2D eigenvalue weighted by molar-refractivity contribution is 5.82. The molecule has 0 spiro atoms. The molecule has 1 N–H and O–H groups in total. The lowest BCUT2D eigenvalue weighted by Crippen LogP contribution is -2.06. The number of alkyl halides is 3. The Hall–Kier alpha value is -4.68. The Morgan fingerprint density at radius 1 is 1.03 bits per heavy atom. The molecule has 0 radical (unpaired) electrons. The van der Waals surface area contributed by atoms with Crippen molar-refractivity contribution in [2.24, 2.45) is 0 Å². The van der Waals surface area contributed by atoms with E-state index in [1.807, 2.05) is 0 Å². The van der Waals surface area contributed by atoms with Crippen LogP contribution in [0.3, 0.4) is 0 Å². The maximum atomic E-state index is 15.0. The standard InChI is InChI=1S/C26H19F4N7O2/c1-38-24-19(20(13-4-5-13)33-12-34-24)23-35-17-3-2-8-31-21(17)25(37-23)39-11-15-7-6-14(9-16(15)27)22-32-10-18(36-22)26(28,29)30/h2-3,6-10,12-13H,4-5,11H2,1H3,(H,32,36). The minimum absolute atomic E-state index is 0.102. The zero-order valence-electron chi connectivity index (χ0n) is 20.3. The van der Waals surface area contributed by atoms with Crippen LogP contribution in [0.25, 0.3) is 33.8 Å². The zero-order valence-corrected chi connectivity index (χ0v) is 20.3. The Morgan fingerprint density at radius 2 is 1.87 bits per heavy atom. The van der Waals surface area contributed by atoms with Gasteiger partial charge in [-0.05, 0) is 31.0 Å². The first kappa shape index (κ1) is 24.6. The van der Waals surface area contributed by atoms with E-state index >= 15 is 0 Å². The first-order chi connectivity index (χ1) is 18.8. The molecule has 0 amide bonds. The van der Waals surface area contributed by atoms with E-state index in [4.69, 9.17) is 9.47 Å². The number of aromatic amines is 1. The van der Waals surface area contributed by atoms with E-state index in [0.29, 0.717) is 34.5 Å². The van der Waals surface area contributed by atoms with Crippen molar-refractivity contribution in [3.63, 3.8) is 0 Å². The van der Waals surface area contributed by atoms with Gasteiger partial charge in [-0.25, -0.2) is 29.3 Å². The average molecular weight is 537 g/mol. The van der Waals surface area contributed by atoms with Crippen molar-refractivity contribution in [1.82, 2.24) is 34.9 Å². The maximum Gasteiger partial charge on any atom is 0.432 e. The van der Waals surface area contributed by atoms with E-state index in [0.717, 1.165) is 24.6 Å². The summed E-state index contributed by atoms with van der Waals surface area (Å²) in [4.78, 5) is 28.1. The second kappa shape index (κ2) is 9.57. The van der Waals surface area contributed by atoms with Crippen LogP contribution in [0, 0.1) is 5.82 Å². The Bertz CT molecular complexity index is 1690. The summed E-state index contributed by atoms with van der Waals surface area (Å²) in [6.45, 7) is -0.224. The van der Waals surface area contributed by atoms with Crippen molar-refractivity contribution in [2.45, 2.75) is 31.5 Å². The van der Waals surface area contributed by atoms with Crippen LogP contribution in [-0.2, 0) is 12.8 Å². The van der Waals surface area contributed by atoms with Gasteiger partial charge in [0.1, 0.15) is 35.8 Å². The van der Waals surface area contributed by atoms with Gasteiger partial charge in [-0.2, -0.15) is 18.2 Å². The Labute approximate surface area is 218 Å². The molecule has 39 heavy (non-hydrogen) atoms.